The monoisotopic (exact) mass is 245 g/mol. The maximum Gasteiger partial charge on any atom is 0.260 e. The lowest BCUT2D eigenvalue weighted by atomic mass is 10.4. The number of rotatable bonds is 2. The van der Waals surface area contributed by atoms with Crippen LogP contribution in [0.15, 0.2) is 17.6 Å². The highest BCUT2D eigenvalue weighted by Gasteiger charge is 2.28. The maximum atomic E-state index is 12.1. The number of nitrogens with one attached hydrogen (secondary N) is 1. The first-order chi connectivity index (χ1) is 7.60. The number of H-pyrrole nitrogens is 1. The minimum absolute atomic E-state index is 0.0693. The first-order valence-electron chi connectivity index (χ1n) is 5.21. The van der Waals surface area contributed by atoms with Crippen molar-refractivity contribution in [3.63, 3.8) is 0 Å². The van der Waals surface area contributed by atoms with E-state index >= 15 is 0 Å². The fraction of sp³-hybridized carbons (Fsp3) is 0.667. The lowest BCUT2D eigenvalue weighted by Crippen LogP contribution is -2.36. The number of aromatic amines is 1. The summed E-state index contributed by atoms with van der Waals surface area (Å²) in [5.41, 5.74) is 0. The number of aromatic nitrogens is 2. The molecule has 16 heavy (non-hydrogen) atoms. The van der Waals surface area contributed by atoms with E-state index in [9.17, 15) is 8.42 Å². The van der Waals surface area contributed by atoms with Crippen molar-refractivity contribution in [2.24, 2.45) is 0 Å². The second kappa shape index (κ2) is 4.52. The Morgan fingerprint density at radius 2 is 2.44 bits per heavy atom. The van der Waals surface area contributed by atoms with Crippen molar-refractivity contribution in [3.05, 3.63) is 12.5 Å². The summed E-state index contributed by atoms with van der Waals surface area (Å²) in [4.78, 5) is 6.36. The number of hydrogen-bond donors (Lipinski definition) is 1. The quantitative estimate of drug-likeness (QED) is 0.808. The Labute approximate surface area is 94.7 Å². The van der Waals surface area contributed by atoms with Crippen LogP contribution in [0.4, 0.5) is 0 Å². The normalized spacial score (nSPS) is 24.2. The Kier molecular flexibility index (Phi) is 3.27. The molecular formula is C9H15N3O3S. The molecule has 7 heteroatoms. The second-order valence-corrected chi connectivity index (χ2v) is 5.72. The predicted octanol–water partition coefficient (Wildman–Crippen LogP) is 0.209. The van der Waals surface area contributed by atoms with E-state index in [0.717, 1.165) is 6.42 Å². The summed E-state index contributed by atoms with van der Waals surface area (Å²) in [7, 11) is -3.44. The third-order valence-electron chi connectivity index (χ3n) is 2.51. The van der Waals surface area contributed by atoms with Crippen LogP contribution in [0.3, 0.4) is 0 Å². The number of sulfonamides is 1. The Hall–Kier alpha value is -0.920. The summed E-state index contributed by atoms with van der Waals surface area (Å²) in [5.74, 6) is 0. The molecule has 1 aliphatic rings. The Morgan fingerprint density at radius 1 is 1.62 bits per heavy atom. The van der Waals surface area contributed by atoms with Gasteiger partial charge in [-0.25, -0.2) is 13.4 Å². The van der Waals surface area contributed by atoms with Crippen molar-refractivity contribution in [2.75, 3.05) is 19.7 Å². The molecule has 0 saturated carbocycles. The summed E-state index contributed by atoms with van der Waals surface area (Å²) in [6.45, 7) is 3.37. The zero-order valence-electron chi connectivity index (χ0n) is 9.09. The molecule has 1 saturated heterocycles. The van der Waals surface area contributed by atoms with E-state index in [1.54, 1.807) is 0 Å². The van der Waals surface area contributed by atoms with E-state index in [4.69, 9.17) is 4.74 Å². The standard InChI is InChI=1S/C9H15N3O3S/c1-8-6-12(3-2-4-15-8)16(13,14)9-5-10-7-11-9/h5,7-8H,2-4,6H2,1H3,(H,10,11). The molecule has 1 aromatic heterocycles. The zero-order chi connectivity index (χ0) is 11.6. The van der Waals surface area contributed by atoms with Crippen molar-refractivity contribution in [2.45, 2.75) is 24.5 Å². The third kappa shape index (κ3) is 2.26. The summed E-state index contributed by atoms with van der Waals surface area (Å²) in [5, 5.41) is 0.140. The van der Waals surface area contributed by atoms with Crippen LogP contribution in [0.5, 0.6) is 0 Å². The van der Waals surface area contributed by atoms with Gasteiger partial charge in [0.2, 0.25) is 0 Å². The van der Waals surface area contributed by atoms with Gasteiger partial charge in [-0.3, -0.25) is 0 Å². The Bertz CT molecular complexity index is 429. The molecule has 0 spiro atoms. The van der Waals surface area contributed by atoms with Gasteiger partial charge in [0.1, 0.15) is 0 Å². The minimum atomic E-state index is -3.44. The van der Waals surface area contributed by atoms with Crippen LogP contribution in [0.25, 0.3) is 0 Å². The van der Waals surface area contributed by atoms with Gasteiger partial charge in [-0.15, -0.1) is 0 Å². The van der Waals surface area contributed by atoms with Crippen LogP contribution in [-0.2, 0) is 14.8 Å². The molecule has 1 atom stereocenters. The molecule has 2 rings (SSSR count). The van der Waals surface area contributed by atoms with Crippen LogP contribution in [0.1, 0.15) is 13.3 Å². The van der Waals surface area contributed by atoms with Crippen molar-refractivity contribution >= 4 is 10.0 Å². The molecule has 0 aliphatic carbocycles. The molecule has 1 N–H and O–H groups in total. The van der Waals surface area contributed by atoms with E-state index in [-0.39, 0.29) is 11.1 Å². The Balaban J connectivity index is 2.23. The van der Waals surface area contributed by atoms with Crippen molar-refractivity contribution < 1.29 is 13.2 Å². The highest BCUT2D eigenvalue weighted by atomic mass is 32.2. The molecule has 1 aliphatic heterocycles. The highest BCUT2D eigenvalue weighted by Crippen LogP contribution is 2.16. The second-order valence-electron chi connectivity index (χ2n) is 3.81. The van der Waals surface area contributed by atoms with E-state index in [1.165, 1.54) is 16.8 Å². The van der Waals surface area contributed by atoms with Crippen molar-refractivity contribution in [3.8, 4) is 0 Å². The zero-order valence-corrected chi connectivity index (χ0v) is 9.90. The topological polar surface area (TPSA) is 75.3 Å². The highest BCUT2D eigenvalue weighted by molar-refractivity contribution is 7.89. The lowest BCUT2D eigenvalue weighted by Gasteiger charge is -2.20. The van der Waals surface area contributed by atoms with Gasteiger partial charge in [-0.1, -0.05) is 0 Å². The molecule has 1 aromatic rings. The number of ether oxygens (including phenoxy) is 1. The molecule has 1 unspecified atom stereocenters. The molecule has 0 radical (unpaired) electrons. The van der Waals surface area contributed by atoms with E-state index in [2.05, 4.69) is 9.97 Å². The molecule has 0 aromatic carbocycles. The van der Waals surface area contributed by atoms with Crippen LogP contribution < -0.4 is 0 Å². The van der Waals surface area contributed by atoms with Gasteiger partial charge in [0, 0.05) is 19.7 Å². The summed E-state index contributed by atoms with van der Waals surface area (Å²) in [6, 6.07) is 0. The van der Waals surface area contributed by atoms with Crippen LogP contribution in [0.2, 0.25) is 0 Å². The predicted molar refractivity (Wildman–Crippen MR) is 57.4 cm³/mol. The van der Waals surface area contributed by atoms with Gasteiger partial charge >= 0.3 is 0 Å². The van der Waals surface area contributed by atoms with Crippen LogP contribution >= 0.6 is 0 Å². The maximum absolute atomic E-state index is 12.1. The average molecular weight is 245 g/mol. The van der Waals surface area contributed by atoms with E-state index in [0.29, 0.717) is 19.7 Å². The first-order valence-corrected chi connectivity index (χ1v) is 6.65. The molecule has 6 nitrogen and oxygen atoms in total. The lowest BCUT2D eigenvalue weighted by molar-refractivity contribution is 0.0752. The molecule has 0 amide bonds. The fourth-order valence-electron chi connectivity index (χ4n) is 1.70. The van der Waals surface area contributed by atoms with E-state index < -0.39 is 10.0 Å². The summed E-state index contributed by atoms with van der Waals surface area (Å²) < 4.78 is 31.1. The van der Waals surface area contributed by atoms with Crippen LogP contribution in [-0.4, -0.2) is 48.5 Å². The van der Waals surface area contributed by atoms with Gasteiger partial charge in [0.05, 0.1) is 18.6 Å². The van der Waals surface area contributed by atoms with E-state index in [1.807, 2.05) is 6.92 Å². The minimum Gasteiger partial charge on any atom is -0.377 e. The summed E-state index contributed by atoms with van der Waals surface area (Å²) in [6.07, 6.45) is 3.34. The number of hydrogen-bond acceptors (Lipinski definition) is 4. The SMILES string of the molecule is CC1CN(S(=O)(=O)c2cnc[nH]2)CCCO1. The third-order valence-corrected chi connectivity index (χ3v) is 4.30. The molecule has 90 valence electrons. The number of nitrogens with zero attached hydrogens (tertiary/aromatic N) is 2. The Morgan fingerprint density at radius 3 is 3.12 bits per heavy atom. The van der Waals surface area contributed by atoms with Gasteiger partial charge in [-0.05, 0) is 13.3 Å². The first kappa shape index (κ1) is 11.6. The average Bonchev–Trinajstić information content (AvgIpc) is 2.68. The molecule has 1 fully saturated rings. The van der Waals surface area contributed by atoms with Gasteiger partial charge in [0.25, 0.3) is 10.0 Å². The van der Waals surface area contributed by atoms with Crippen LogP contribution in [0, 0.1) is 0 Å². The van der Waals surface area contributed by atoms with Crippen molar-refractivity contribution in [1.82, 2.24) is 14.3 Å². The molecule has 2 heterocycles. The fourth-order valence-corrected chi connectivity index (χ4v) is 3.15. The molecular weight excluding hydrogens is 230 g/mol. The van der Waals surface area contributed by atoms with Gasteiger partial charge in [-0.2, -0.15) is 4.31 Å². The molecule has 0 bridgehead atoms. The smallest absolute Gasteiger partial charge is 0.260 e. The largest absolute Gasteiger partial charge is 0.377 e. The van der Waals surface area contributed by atoms with Gasteiger partial charge < -0.3 is 9.72 Å². The van der Waals surface area contributed by atoms with Crippen molar-refractivity contribution in [1.29, 1.82) is 0 Å². The summed E-state index contributed by atoms with van der Waals surface area (Å²) >= 11 is 0. The van der Waals surface area contributed by atoms with Gasteiger partial charge in [0.15, 0.2) is 5.03 Å². The number of imidazole rings is 1.